The number of hydrogen-bond donors (Lipinski definition) is 1. The molecule has 31 heavy (non-hydrogen) atoms. The molecular formula is C24H23N3O3S. The molecule has 6 nitrogen and oxygen atoms in total. The molecule has 158 valence electrons. The van der Waals surface area contributed by atoms with Crippen LogP contribution < -0.4 is 5.32 Å². The number of nitrogens with one attached hydrogen (secondary N) is 1. The van der Waals surface area contributed by atoms with Crippen molar-refractivity contribution in [2.24, 2.45) is 0 Å². The number of nitrogens with zero attached hydrogens (tertiary/aromatic N) is 2. The number of benzene rings is 1. The van der Waals surface area contributed by atoms with E-state index in [9.17, 15) is 9.59 Å². The standard InChI is InChI=1S/C24H23N3O3S/c1-3-30-24(29)22-18(17-9-5-4-6-10-17)15-31-23(22)26-21(28)13-12-19-16(2)25-20-11-7-8-14-27(19)20/h4-11,14-15H,3,12-13H2,1-2H3,(H,26,28). The third-order valence-electron chi connectivity index (χ3n) is 5.03. The van der Waals surface area contributed by atoms with Gasteiger partial charge in [0.25, 0.3) is 0 Å². The Hall–Kier alpha value is -3.45. The fraction of sp³-hybridized carbons (Fsp3) is 0.208. The van der Waals surface area contributed by atoms with Crippen LogP contribution in [-0.4, -0.2) is 27.9 Å². The summed E-state index contributed by atoms with van der Waals surface area (Å²) in [5.41, 5.74) is 4.85. The summed E-state index contributed by atoms with van der Waals surface area (Å²) in [5, 5.41) is 5.31. The number of imidazole rings is 1. The van der Waals surface area contributed by atoms with Crippen molar-refractivity contribution in [1.82, 2.24) is 9.38 Å². The lowest BCUT2D eigenvalue weighted by Crippen LogP contribution is -2.15. The number of esters is 1. The first-order chi connectivity index (χ1) is 15.1. The maximum atomic E-state index is 12.7. The zero-order chi connectivity index (χ0) is 21.8. The van der Waals surface area contributed by atoms with Gasteiger partial charge in [-0.25, -0.2) is 9.78 Å². The fourth-order valence-corrected chi connectivity index (χ4v) is 4.55. The summed E-state index contributed by atoms with van der Waals surface area (Å²) < 4.78 is 7.26. The number of anilines is 1. The van der Waals surface area contributed by atoms with Gasteiger partial charge < -0.3 is 14.5 Å². The van der Waals surface area contributed by atoms with Crippen LogP contribution in [0.2, 0.25) is 0 Å². The summed E-state index contributed by atoms with van der Waals surface area (Å²) in [6, 6.07) is 15.4. The number of fused-ring (bicyclic) bond motifs is 1. The molecule has 0 aliphatic carbocycles. The van der Waals surface area contributed by atoms with Crippen molar-refractivity contribution in [1.29, 1.82) is 0 Å². The van der Waals surface area contributed by atoms with E-state index in [-0.39, 0.29) is 18.9 Å². The van der Waals surface area contributed by atoms with Crippen LogP contribution in [0.5, 0.6) is 0 Å². The second-order valence-corrected chi connectivity index (χ2v) is 7.94. The minimum Gasteiger partial charge on any atom is -0.462 e. The summed E-state index contributed by atoms with van der Waals surface area (Å²) >= 11 is 1.33. The van der Waals surface area contributed by atoms with Crippen LogP contribution in [0.1, 0.15) is 35.1 Å². The molecule has 0 atom stereocenters. The quantitative estimate of drug-likeness (QED) is 0.411. The summed E-state index contributed by atoms with van der Waals surface area (Å²) in [6.07, 6.45) is 2.78. The molecule has 1 N–H and O–H groups in total. The van der Waals surface area contributed by atoms with E-state index >= 15 is 0 Å². The highest BCUT2D eigenvalue weighted by molar-refractivity contribution is 7.15. The molecule has 1 aromatic carbocycles. The van der Waals surface area contributed by atoms with Crippen molar-refractivity contribution < 1.29 is 14.3 Å². The zero-order valence-electron chi connectivity index (χ0n) is 17.4. The molecule has 0 aliphatic rings. The summed E-state index contributed by atoms with van der Waals surface area (Å²) in [5.74, 6) is -0.590. The minimum atomic E-state index is -0.435. The molecular weight excluding hydrogens is 410 g/mol. The Labute approximate surface area is 184 Å². The largest absolute Gasteiger partial charge is 0.462 e. The third kappa shape index (κ3) is 4.36. The summed E-state index contributed by atoms with van der Waals surface area (Å²) in [7, 11) is 0. The van der Waals surface area contributed by atoms with Crippen LogP contribution in [0.15, 0.2) is 60.1 Å². The first-order valence-corrected chi connectivity index (χ1v) is 11.0. The highest BCUT2D eigenvalue weighted by atomic mass is 32.1. The van der Waals surface area contributed by atoms with Crippen LogP contribution in [0.25, 0.3) is 16.8 Å². The smallest absolute Gasteiger partial charge is 0.341 e. The number of amides is 1. The predicted octanol–water partition coefficient (Wildman–Crippen LogP) is 5.12. The van der Waals surface area contributed by atoms with E-state index in [0.29, 0.717) is 17.0 Å². The van der Waals surface area contributed by atoms with Crippen LogP contribution in [0, 0.1) is 6.92 Å². The number of hydrogen-bond acceptors (Lipinski definition) is 5. The zero-order valence-corrected chi connectivity index (χ0v) is 18.2. The van der Waals surface area contributed by atoms with Crippen LogP contribution in [-0.2, 0) is 16.0 Å². The lowest BCUT2D eigenvalue weighted by Gasteiger charge is -2.09. The van der Waals surface area contributed by atoms with E-state index in [1.807, 2.05) is 71.4 Å². The van der Waals surface area contributed by atoms with Gasteiger partial charge in [-0.1, -0.05) is 36.4 Å². The molecule has 4 rings (SSSR count). The lowest BCUT2D eigenvalue weighted by atomic mass is 10.0. The summed E-state index contributed by atoms with van der Waals surface area (Å²) in [6.45, 7) is 3.98. The number of rotatable bonds is 7. The second-order valence-electron chi connectivity index (χ2n) is 7.06. The minimum absolute atomic E-state index is 0.155. The van der Waals surface area contributed by atoms with E-state index < -0.39 is 5.97 Å². The molecule has 0 saturated carbocycles. The Morgan fingerprint density at radius 1 is 1.13 bits per heavy atom. The van der Waals surface area contributed by atoms with Crippen LogP contribution >= 0.6 is 11.3 Å². The molecule has 7 heteroatoms. The van der Waals surface area contributed by atoms with Gasteiger partial charge in [0.05, 0.1) is 12.3 Å². The maximum Gasteiger partial charge on any atom is 0.341 e. The van der Waals surface area contributed by atoms with Gasteiger partial charge in [-0.2, -0.15) is 0 Å². The highest BCUT2D eigenvalue weighted by Gasteiger charge is 2.23. The van der Waals surface area contributed by atoms with Gasteiger partial charge >= 0.3 is 5.97 Å². The summed E-state index contributed by atoms with van der Waals surface area (Å²) in [4.78, 5) is 29.9. The maximum absolute atomic E-state index is 12.7. The molecule has 3 aromatic heterocycles. The van der Waals surface area contributed by atoms with E-state index in [1.165, 1.54) is 11.3 Å². The molecule has 0 spiro atoms. The third-order valence-corrected chi connectivity index (χ3v) is 5.92. The molecule has 0 aliphatic heterocycles. The van der Waals surface area contributed by atoms with Gasteiger partial charge in [-0.15, -0.1) is 11.3 Å². The Bertz CT molecular complexity index is 1230. The molecule has 0 saturated heterocycles. The average Bonchev–Trinajstić information content (AvgIpc) is 3.33. The number of aryl methyl sites for hydroxylation is 2. The topological polar surface area (TPSA) is 72.7 Å². The molecule has 1 amide bonds. The van der Waals surface area contributed by atoms with Crippen molar-refractivity contribution in [3.63, 3.8) is 0 Å². The number of ether oxygens (including phenoxy) is 1. The van der Waals surface area contributed by atoms with Gasteiger partial charge in [0.2, 0.25) is 5.91 Å². The molecule has 0 unspecified atom stereocenters. The van der Waals surface area contributed by atoms with Crippen LogP contribution in [0.3, 0.4) is 0 Å². The van der Waals surface area contributed by atoms with E-state index in [4.69, 9.17) is 4.74 Å². The van der Waals surface area contributed by atoms with E-state index in [0.717, 1.165) is 28.2 Å². The van der Waals surface area contributed by atoms with Gasteiger partial charge in [0.1, 0.15) is 16.2 Å². The first kappa shape index (κ1) is 20.8. The van der Waals surface area contributed by atoms with Crippen molar-refractivity contribution in [2.45, 2.75) is 26.7 Å². The first-order valence-electron chi connectivity index (χ1n) is 10.1. The SMILES string of the molecule is CCOC(=O)c1c(-c2ccccc2)csc1NC(=O)CCc1c(C)nc2ccccn12. The number of aromatic nitrogens is 2. The Balaban J connectivity index is 1.54. The molecule has 0 fully saturated rings. The Morgan fingerprint density at radius 2 is 1.90 bits per heavy atom. The van der Waals surface area contributed by atoms with Crippen molar-refractivity contribution >= 4 is 33.9 Å². The van der Waals surface area contributed by atoms with Crippen molar-refractivity contribution in [3.8, 4) is 11.1 Å². The van der Waals surface area contributed by atoms with Crippen molar-refractivity contribution in [3.05, 3.63) is 77.1 Å². The average molecular weight is 434 g/mol. The number of carbonyl (C=O) groups is 2. The van der Waals surface area contributed by atoms with Crippen molar-refractivity contribution in [2.75, 3.05) is 11.9 Å². The second kappa shape index (κ2) is 9.14. The molecule has 4 aromatic rings. The normalized spacial score (nSPS) is 10.9. The predicted molar refractivity (Wildman–Crippen MR) is 123 cm³/mol. The highest BCUT2D eigenvalue weighted by Crippen LogP contribution is 2.36. The Morgan fingerprint density at radius 3 is 2.68 bits per heavy atom. The monoisotopic (exact) mass is 433 g/mol. The van der Waals surface area contributed by atoms with Gasteiger partial charge in [-0.3, -0.25) is 4.79 Å². The molecule has 3 heterocycles. The van der Waals surface area contributed by atoms with Gasteiger partial charge in [-0.05, 0) is 38.0 Å². The number of pyridine rings is 1. The number of carbonyl (C=O) groups excluding carboxylic acids is 2. The fourth-order valence-electron chi connectivity index (χ4n) is 3.57. The Kier molecular flexibility index (Phi) is 6.13. The molecule has 0 radical (unpaired) electrons. The van der Waals surface area contributed by atoms with E-state index in [2.05, 4.69) is 10.3 Å². The number of thiophene rings is 1. The molecule has 0 bridgehead atoms. The van der Waals surface area contributed by atoms with E-state index in [1.54, 1.807) is 6.92 Å². The lowest BCUT2D eigenvalue weighted by molar-refractivity contribution is -0.116. The van der Waals surface area contributed by atoms with Crippen LogP contribution in [0.4, 0.5) is 5.00 Å². The van der Waals surface area contributed by atoms with Gasteiger partial charge in [0.15, 0.2) is 0 Å². The van der Waals surface area contributed by atoms with Gasteiger partial charge in [0, 0.05) is 29.3 Å².